The fourth-order valence-corrected chi connectivity index (χ4v) is 2.55. The minimum atomic E-state index is 0.0380. The van der Waals surface area contributed by atoms with E-state index >= 15 is 0 Å². The van der Waals surface area contributed by atoms with Crippen molar-refractivity contribution in [3.8, 4) is 0 Å². The molecule has 19 heavy (non-hydrogen) atoms. The molecule has 1 unspecified atom stereocenters. The molecule has 2 aromatic rings. The molecule has 0 spiro atoms. The third kappa shape index (κ3) is 3.64. The van der Waals surface area contributed by atoms with Crippen LogP contribution in [0.2, 0.25) is 0 Å². The molecular formula is C14H22N4S. The minimum absolute atomic E-state index is 0.0380. The van der Waals surface area contributed by atoms with Gasteiger partial charge in [0.05, 0.1) is 17.8 Å². The van der Waals surface area contributed by atoms with Gasteiger partial charge >= 0.3 is 0 Å². The van der Waals surface area contributed by atoms with Crippen LogP contribution in [0.5, 0.6) is 0 Å². The molecule has 1 N–H and O–H groups in total. The van der Waals surface area contributed by atoms with Crippen LogP contribution in [0.4, 0.5) is 0 Å². The van der Waals surface area contributed by atoms with E-state index in [9.17, 15) is 0 Å². The van der Waals surface area contributed by atoms with Crippen molar-refractivity contribution >= 4 is 11.3 Å². The fourth-order valence-electron chi connectivity index (χ4n) is 1.75. The number of rotatable bonds is 4. The summed E-state index contributed by atoms with van der Waals surface area (Å²) in [6.45, 7) is 11.5. The highest BCUT2D eigenvalue weighted by Gasteiger charge is 2.14. The Morgan fingerprint density at radius 2 is 2.11 bits per heavy atom. The summed E-state index contributed by atoms with van der Waals surface area (Å²) >= 11 is 1.75. The molecule has 0 bridgehead atoms. The van der Waals surface area contributed by atoms with Gasteiger partial charge in [0.2, 0.25) is 0 Å². The van der Waals surface area contributed by atoms with Gasteiger partial charge in [-0.15, -0.1) is 11.3 Å². The van der Waals surface area contributed by atoms with Crippen LogP contribution in [0, 0.1) is 6.92 Å². The van der Waals surface area contributed by atoms with Crippen molar-refractivity contribution < 1.29 is 0 Å². The molecule has 0 saturated heterocycles. The van der Waals surface area contributed by atoms with Gasteiger partial charge in [-0.1, -0.05) is 0 Å². The first-order valence-corrected chi connectivity index (χ1v) is 7.37. The Bertz CT molecular complexity index is 536. The first-order chi connectivity index (χ1) is 8.86. The van der Waals surface area contributed by atoms with E-state index in [0.29, 0.717) is 0 Å². The second kappa shape index (κ2) is 5.43. The molecule has 0 aromatic carbocycles. The average Bonchev–Trinajstić information content (AvgIpc) is 2.93. The number of aromatic nitrogens is 3. The van der Waals surface area contributed by atoms with Crippen LogP contribution in [0.25, 0.3) is 0 Å². The second-order valence-electron chi connectivity index (χ2n) is 5.88. The van der Waals surface area contributed by atoms with Gasteiger partial charge < -0.3 is 5.32 Å². The summed E-state index contributed by atoms with van der Waals surface area (Å²) in [5, 5.41) is 9.03. The Morgan fingerprint density at radius 3 is 2.63 bits per heavy atom. The average molecular weight is 278 g/mol. The maximum Gasteiger partial charge on any atom is 0.109 e. The molecule has 2 aromatic heterocycles. The lowest BCUT2D eigenvalue weighted by Crippen LogP contribution is -2.22. The number of aryl methyl sites for hydroxylation is 1. The van der Waals surface area contributed by atoms with Gasteiger partial charge in [0, 0.05) is 29.4 Å². The standard InChI is InChI=1S/C14H22N4S/c1-10-6-16-13(19-10)11(2)15-7-12-8-17-18(9-12)14(3,4)5/h6,8-9,11,15H,7H2,1-5H3. The summed E-state index contributed by atoms with van der Waals surface area (Å²) in [7, 11) is 0. The third-order valence-corrected chi connectivity index (χ3v) is 4.04. The summed E-state index contributed by atoms with van der Waals surface area (Å²) < 4.78 is 2.00. The van der Waals surface area contributed by atoms with Crippen LogP contribution >= 0.6 is 11.3 Å². The predicted molar refractivity (Wildman–Crippen MR) is 79.3 cm³/mol. The summed E-state index contributed by atoms with van der Waals surface area (Å²) in [4.78, 5) is 5.66. The smallest absolute Gasteiger partial charge is 0.109 e. The van der Waals surface area contributed by atoms with E-state index < -0.39 is 0 Å². The molecule has 0 aliphatic heterocycles. The topological polar surface area (TPSA) is 42.7 Å². The lowest BCUT2D eigenvalue weighted by Gasteiger charge is -2.18. The van der Waals surface area contributed by atoms with Crippen molar-refractivity contribution in [2.75, 3.05) is 0 Å². The van der Waals surface area contributed by atoms with Gasteiger partial charge in [-0.25, -0.2) is 4.98 Å². The molecule has 2 heterocycles. The molecular weight excluding hydrogens is 256 g/mol. The normalized spacial score (nSPS) is 13.7. The molecule has 0 radical (unpaired) electrons. The van der Waals surface area contributed by atoms with Crippen LogP contribution in [0.3, 0.4) is 0 Å². The molecule has 4 nitrogen and oxygen atoms in total. The Kier molecular flexibility index (Phi) is 4.06. The maximum atomic E-state index is 4.41. The Balaban J connectivity index is 1.94. The second-order valence-corrected chi connectivity index (χ2v) is 7.14. The van der Waals surface area contributed by atoms with Crippen molar-refractivity contribution in [2.24, 2.45) is 0 Å². The van der Waals surface area contributed by atoms with Crippen molar-refractivity contribution in [2.45, 2.75) is 52.7 Å². The molecule has 0 saturated carbocycles. The lowest BCUT2D eigenvalue weighted by atomic mass is 10.1. The quantitative estimate of drug-likeness (QED) is 0.933. The van der Waals surface area contributed by atoms with E-state index in [2.05, 4.69) is 56.2 Å². The molecule has 104 valence electrons. The summed E-state index contributed by atoms with van der Waals surface area (Å²) in [5.74, 6) is 0. The van der Waals surface area contributed by atoms with E-state index in [4.69, 9.17) is 0 Å². The van der Waals surface area contributed by atoms with Crippen LogP contribution in [-0.4, -0.2) is 14.8 Å². The first kappa shape index (κ1) is 14.2. The van der Waals surface area contributed by atoms with Gasteiger partial charge in [-0.05, 0) is 34.6 Å². The van der Waals surface area contributed by atoms with E-state index in [0.717, 1.165) is 11.6 Å². The van der Waals surface area contributed by atoms with E-state index in [1.165, 1.54) is 10.4 Å². The highest BCUT2D eigenvalue weighted by atomic mass is 32.1. The van der Waals surface area contributed by atoms with Crippen LogP contribution in [0.15, 0.2) is 18.6 Å². The zero-order chi connectivity index (χ0) is 14.0. The monoisotopic (exact) mass is 278 g/mol. The molecule has 5 heteroatoms. The van der Waals surface area contributed by atoms with Gasteiger partial charge in [-0.3, -0.25) is 4.68 Å². The summed E-state index contributed by atoms with van der Waals surface area (Å²) in [6, 6.07) is 0.275. The third-order valence-electron chi connectivity index (χ3n) is 2.95. The number of nitrogens with one attached hydrogen (secondary N) is 1. The van der Waals surface area contributed by atoms with Crippen LogP contribution < -0.4 is 5.32 Å². The number of nitrogens with zero attached hydrogens (tertiary/aromatic N) is 3. The fraction of sp³-hybridized carbons (Fsp3) is 0.571. The van der Waals surface area contributed by atoms with Gasteiger partial charge in [0.25, 0.3) is 0 Å². The molecule has 0 fully saturated rings. The highest BCUT2D eigenvalue weighted by Crippen LogP contribution is 2.19. The van der Waals surface area contributed by atoms with E-state index in [1.807, 2.05) is 17.1 Å². The summed E-state index contributed by atoms with van der Waals surface area (Å²) in [6.07, 6.45) is 5.96. The Hall–Kier alpha value is -1.20. The van der Waals surface area contributed by atoms with E-state index in [-0.39, 0.29) is 11.6 Å². The van der Waals surface area contributed by atoms with Crippen molar-refractivity contribution in [1.29, 1.82) is 0 Å². The van der Waals surface area contributed by atoms with Crippen molar-refractivity contribution in [1.82, 2.24) is 20.1 Å². The molecule has 0 amide bonds. The molecule has 1 atom stereocenters. The van der Waals surface area contributed by atoms with E-state index in [1.54, 1.807) is 11.3 Å². The lowest BCUT2D eigenvalue weighted by molar-refractivity contribution is 0.355. The number of hydrogen-bond acceptors (Lipinski definition) is 4. The molecule has 0 aliphatic carbocycles. The van der Waals surface area contributed by atoms with Crippen LogP contribution in [-0.2, 0) is 12.1 Å². The van der Waals surface area contributed by atoms with Crippen LogP contribution in [0.1, 0.15) is 49.2 Å². The zero-order valence-electron chi connectivity index (χ0n) is 12.3. The van der Waals surface area contributed by atoms with Crippen molar-refractivity contribution in [3.63, 3.8) is 0 Å². The number of hydrogen-bond donors (Lipinski definition) is 1. The highest BCUT2D eigenvalue weighted by molar-refractivity contribution is 7.11. The minimum Gasteiger partial charge on any atom is -0.304 e. The van der Waals surface area contributed by atoms with Gasteiger partial charge in [0.1, 0.15) is 5.01 Å². The SMILES string of the molecule is Cc1cnc(C(C)NCc2cnn(C(C)(C)C)c2)s1. The molecule has 2 rings (SSSR count). The zero-order valence-corrected chi connectivity index (χ0v) is 13.1. The number of thiazole rings is 1. The van der Waals surface area contributed by atoms with Crippen molar-refractivity contribution in [3.05, 3.63) is 34.0 Å². The Morgan fingerprint density at radius 1 is 1.37 bits per heavy atom. The first-order valence-electron chi connectivity index (χ1n) is 6.56. The Labute approximate surface area is 118 Å². The maximum absolute atomic E-state index is 4.41. The largest absolute Gasteiger partial charge is 0.304 e. The van der Waals surface area contributed by atoms with Gasteiger partial charge in [0.15, 0.2) is 0 Å². The van der Waals surface area contributed by atoms with Gasteiger partial charge in [-0.2, -0.15) is 5.10 Å². The predicted octanol–water partition coefficient (Wildman–Crippen LogP) is 3.25. The summed E-state index contributed by atoms with van der Waals surface area (Å²) in [5.41, 5.74) is 1.24. The molecule has 0 aliphatic rings.